The highest BCUT2D eigenvalue weighted by atomic mass is 35.5. The summed E-state index contributed by atoms with van der Waals surface area (Å²) < 4.78 is 2.11. The fourth-order valence-corrected chi connectivity index (χ4v) is 4.34. The van der Waals surface area contributed by atoms with E-state index >= 15 is 0 Å². The minimum atomic E-state index is 0.499. The molecule has 0 radical (unpaired) electrons. The Labute approximate surface area is 157 Å². The summed E-state index contributed by atoms with van der Waals surface area (Å²) in [6, 6.07) is 3.60. The molecule has 1 aromatic carbocycles. The van der Waals surface area contributed by atoms with Gasteiger partial charge in [0.15, 0.2) is 0 Å². The van der Waals surface area contributed by atoms with Gasteiger partial charge in [-0.3, -0.25) is 0 Å². The van der Waals surface area contributed by atoms with E-state index in [1.54, 1.807) is 17.8 Å². The largest absolute Gasteiger partial charge is 0.337 e. The van der Waals surface area contributed by atoms with Crippen LogP contribution < -0.4 is 0 Å². The van der Waals surface area contributed by atoms with Gasteiger partial charge in [0.1, 0.15) is 0 Å². The molecule has 0 aliphatic rings. The normalized spacial score (nSPS) is 12.5. The molecular formula is C17H21Cl3N2S. The molecular weight excluding hydrogens is 371 g/mol. The first-order valence-electron chi connectivity index (χ1n) is 7.87. The van der Waals surface area contributed by atoms with E-state index < -0.39 is 0 Å². The number of aryl methyl sites for hydroxylation is 1. The second-order valence-electron chi connectivity index (χ2n) is 5.52. The first-order chi connectivity index (χ1) is 11.1. The Kier molecular flexibility index (Phi) is 8.11. The molecule has 1 heterocycles. The Balaban J connectivity index is 2.02. The van der Waals surface area contributed by atoms with Crippen LogP contribution in [0.15, 0.2) is 35.7 Å². The van der Waals surface area contributed by atoms with E-state index in [4.69, 9.17) is 34.8 Å². The molecule has 1 aromatic heterocycles. The molecule has 2 aromatic rings. The monoisotopic (exact) mass is 390 g/mol. The van der Waals surface area contributed by atoms with Crippen LogP contribution in [0.3, 0.4) is 0 Å². The minimum Gasteiger partial charge on any atom is -0.337 e. The highest BCUT2D eigenvalue weighted by Crippen LogP contribution is 2.38. The van der Waals surface area contributed by atoms with Gasteiger partial charge in [0.25, 0.3) is 0 Å². The van der Waals surface area contributed by atoms with E-state index in [9.17, 15) is 0 Å². The van der Waals surface area contributed by atoms with Crippen LogP contribution in [0, 0.1) is 0 Å². The quantitative estimate of drug-likeness (QED) is 0.261. The van der Waals surface area contributed by atoms with Crippen LogP contribution in [0.25, 0.3) is 0 Å². The van der Waals surface area contributed by atoms with Crippen molar-refractivity contribution in [2.45, 2.75) is 55.7 Å². The van der Waals surface area contributed by atoms with Crippen molar-refractivity contribution in [3.63, 3.8) is 0 Å². The summed E-state index contributed by atoms with van der Waals surface area (Å²) in [5.41, 5.74) is 0. The van der Waals surface area contributed by atoms with Crippen molar-refractivity contribution < 1.29 is 0 Å². The zero-order valence-corrected chi connectivity index (χ0v) is 16.2. The van der Waals surface area contributed by atoms with Crippen molar-refractivity contribution in [3.05, 3.63) is 45.9 Å². The number of hydrogen-bond donors (Lipinski definition) is 0. The van der Waals surface area contributed by atoms with Gasteiger partial charge in [-0.1, -0.05) is 61.0 Å². The van der Waals surface area contributed by atoms with E-state index in [2.05, 4.69) is 16.5 Å². The SMILES string of the molecule is CCCCCC(CCn1ccnc1)Sc1cc(Cl)c(Cl)cc1Cl. The molecule has 0 bridgehead atoms. The van der Waals surface area contributed by atoms with Gasteiger partial charge >= 0.3 is 0 Å². The Morgan fingerprint density at radius 2 is 1.87 bits per heavy atom. The summed E-state index contributed by atoms with van der Waals surface area (Å²) in [7, 11) is 0. The number of nitrogens with zero attached hydrogens (tertiary/aromatic N) is 2. The molecule has 0 amide bonds. The number of hydrogen-bond acceptors (Lipinski definition) is 2. The van der Waals surface area contributed by atoms with Crippen LogP contribution in [0.4, 0.5) is 0 Å². The van der Waals surface area contributed by atoms with E-state index in [0.717, 1.165) is 17.9 Å². The lowest BCUT2D eigenvalue weighted by Gasteiger charge is -2.18. The van der Waals surface area contributed by atoms with Crippen molar-refractivity contribution in [2.24, 2.45) is 0 Å². The summed E-state index contributed by atoms with van der Waals surface area (Å²) in [5.74, 6) is 0. The molecule has 6 heteroatoms. The molecule has 0 aliphatic carbocycles. The maximum Gasteiger partial charge on any atom is 0.0945 e. The number of unbranched alkanes of at least 4 members (excludes halogenated alkanes) is 2. The minimum absolute atomic E-state index is 0.499. The molecule has 1 unspecified atom stereocenters. The second kappa shape index (κ2) is 9.83. The van der Waals surface area contributed by atoms with Crippen LogP contribution >= 0.6 is 46.6 Å². The zero-order valence-electron chi connectivity index (χ0n) is 13.1. The van der Waals surface area contributed by atoms with Gasteiger partial charge in [0.05, 0.1) is 21.4 Å². The van der Waals surface area contributed by atoms with Gasteiger partial charge in [0.2, 0.25) is 0 Å². The van der Waals surface area contributed by atoms with Gasteiger partial charge in [-0.25, -0.2) is 4.98 Å². The van der Waals surface area contributed by atoms with E-state index in [-0.39, 0.29) is 0 Å². The van der Waals surface area contributed by atoms with Crippen molar-refractivity contribution in [3.8, 4) is 0 Å². The van der Waals surface area contributed by atoms with Crippen molar-refractivity contribution in [2.75, 3.05) is 0 Å². The predicted molar refractivity (Wildman–Crippen MR) is 102 cm³/mol. The Morgan fingerprint density at radius 1 is 1.09 bits per heavy atom. The molecule has 23 heavy (non-hydrogen) atoms. The van der Waals surface area contributed by atoms with Gasteiger partial charge in [-0.2, -0.15) is 0 Å². The first kappa shape index (κ1) is 19.0. The third-order valence-corrected chi connectivity index (χ3v) is 6.21. The Morgan fingerprint density at radius 3 is 2.57 bits per heavy atom. The van der Waals surface area contributed by atoms with Crippen LogP contribution in [0.5, 0.6) is 0 Å². The number of aromatic nitrogens is 2. The van der Waals surface area contributed by atoms with Crippen LogP contribution in [-0.4, -0.2) is 14.8 Å². The van der Waals surface area contributed by atoms with Gasteiger partial charge in [-0.15, -0.1) is 11.8 Å². The third-order valence-electron chi connectivity index (χ3n) is 3.67. The third kappa shape index (κ3) is 6.22. The zero-order chi connectivity index (χ0) is 16.7. The van der Waals surface area contributed by atoms with E-state index in [0.29, 0.717) is 20.3 Å². The Hall–Kier alpha value is -0.350. The number of thioether (sulfide) groups is 1. The highest BCUT2D eigenvalue weighted by Gasteiger charge is 2.14. The maximum atomic E-state index is 6.33. The van der Waals surface area contributed by atoms with E-state index in [1.807, 2.05) is 24.8 Å². The lowest BCUT2D eigenvalue weighted by Crippen LogP contribution is -2.08. The molecule has 0 fully saturated rings. The fourth-order valence-electron chi connectivity index (χ4n) is 2.37. The molecule has 0 saturated carbocycles. The van der Waals surface area contributed by atoms with Crippen LogP contribution in [0.2, 0.25) is 15.1 Å². The number of benzene rings is 1. The first-order valence-corrected chi connectivity index (χ1v) is 9.88. The second-order valence-corrected chi connectivity index (χ2v) is 8.09. The summed E-state index contributed by atoms with van der Waals surface area (Å²) in [6.45, 7) is 3.19. The van der Waals surface area contributed by atoms with Gasteiger partial charge < -0.3 is 4.57 Å². The van der Waals surface area contributed by atoms with Crippen molar-refractivity contribution in [1.82, 2.24) is 9.55 Å². The van der Waals surface area contributed by atoms with Crippen molar-refractivity contribution >= 4 is 46.6 Å². The van der Waals surface area contributed by atoms with Crippen LogP contribution in [-0.2, 0) is 6.54 Å². The lowest BCUT2D eigenvalue weighted by atomic mass is 10.1. The average Bonchev–Trinajstić information content (AvgIpc) is 3.03. The highest BCUT2D eigenvalue weighted by molar-refractivity contribution is 8.00. The van der Waals surface area contributed by atoms with E-state index in [1.165, 1.54) is 25.7 Å². The summed E-state index contributed by atoms with van der Waals surface area (Å²) in [5, 5.41) is 2.23. The fraction of sp³-hybridized carbons (Fsp3) is 0.471. The molecule has 2 nitrogen and oxygen atoms in total. The average molecular weight is 392 g/mol. The molecule has 0 N–H and O–H groups in total. The van der Waals surface area contributed by atoms with Crippen LogP contribution in [0.1, 0.15) is 39.0 Å². The summed E-state index contributed by atoms with van der Waals surface area (Å²) in [6.07, 6.45) is 11.6. The molecule has 2 rings (SSSR count). The molecule has 0 spiro atoms. The predicted octanol–water partition coefficient (Wildman–Crippen LogP) is 6.97. The van der Waals surface area contributed by atoms with Gasteiger partial charge in [0, 0.05) is 29.1 Å². The summed E-state index contributed by atoms with van der Waals surface area (Å²) in [4.78, 5) is 5.11. The molecule has 126 valence electrons. The Bertz CT molecular complexity index is 602. The van der Waals surface area contributed by atoms with Gasteiger partial charge in [-0.05, 0) is 25.0 Å². The topological polar surface area (TPSA) is 17.8 Å². The smallest absolute Gasteiger partial charge is 0.0945 e. The molecule has 0 aliphatic heterocycles. The maximum absolute atomic E-state index is 6.33. The number of imidazole rings is 1. The number of halogens is 3. The number of rotatable bonds is 9. The molecule has 1 atom stereocenters. The standard InChI is InChI=1S/C17H21Cl3N2S/c1-2-3-4-5-13(6-8-22-9-7-21-12-22)23-17-11-15(19)14(18)10-16(17)20/h7,9-13H,2-6,8H2,1H3. The lowest BCUT2D eigenvalue weighted by molar-refractivity contribution is 0.569. The molecule has 0 saturated heterocycles. The summed E-state index contributed by atoms with van der Waals surface area (Å²) >= 11 is 20.3. The van der Waals surface area contributed by atoms with Crippen molar-refractivity contribution in [1.29, 1.82) is 0 Å².